The Morgan fingerprint density at radius 2 is 1.70 bits per heavy atom. The summed E-state index contributed by atoms with van der Waals surface area (Å²) in [6.45, 7) is 13.1. The van der Waals surface area contributed by atoms with Crippen molar-refractivity contribution >= 4 is 11.9 Å². The number of carboxylic acids is 1. The first kappa shape index (κ1) is 26.7. The predicted octanol–water partition coefficient (Wildman–Crippen LogP) is 2.83. The van der Waals surface area contributed by atoms with Crippen LogP contribution in [-0.2, 0) is 14.3 Å². The Balaban J connectivity index is -0.000000343. The standard InChI is InChI=1S/C10H20O3.C5H11NO2.C2H6/c1-8(2)6-7-13-9(3)4-5-10(11)12;1-2-5(8)6-3-4-7;1-2/h8-9H,4-7H2,1-3H3,(H,11,12);7H,2-4H2,1H3,(H,6,8);1-2H3. The van der Waals surface area contributed by atoms with Gasteiger partial charge in [-0.2, -0.15) is 0 Å². The van der Waals surface area contributed by atoms with Crippen LogP contribution in [0.4, 0.5) is 0 Å². The van der Waals surface area contributed by atoms with E-state index in [1.807, 2.05) is 20.8 Å². The molecule has 140 valence electrons. The van der Waals surface area contributed by atoms with Gasteiger partial charge in [0.05, 0.1) is 12.7 Å². The normalized spacial score (nSPS) is 10.8. The zero-order valence-electron chi connectivity index (χ0n) is 15.7. The fourth-order valence-corrected chi connectivity index (χ4v) is 1.24. The lowest BCUT2D eigenvalue weighted by atomic mass is 10.1. The second kappa shape index (κ2) is 20.9. The summed E-state index contributed by atoms with van der Waals surface area (Å²) in [6.07, 6.45) is 2.39. The van der Waals surface area contributed by atoms with Crippen molar-refractivity contribution in [2.24, 2.45) is 5.92 Å². The highest BCUT2D eigenvalue weighted by atomic mass is 16.5. The molecule has 6 nitrogen and oxygen atoms in total. The SMILES string of the molecule is CC.CC(C)CCOC(C)CCC(=O)O.CCC(=O)NCCO. The van der Waals surface area contributed by atoms with E-state index >= 15 is 0 Å². The number of hydrogen-bond donors (Lipinski definition) is 3. The van der Waals surface area contributed by atoms with E-state index < -0.39 is 5.97 Å². The third-order valence-electron chi connectivity index (χ3n) is 2.62. The van der Waals surface area contributed by atoms with Crippen LogP contribution in [0.5, 0.6) is 0 Å². The van der Waals surface area contributed by atoms with E-state index in [0.29, 0.717) is 25.3 Å². The number of aliphatic hydroxyl groups excluding tert-OH is 1. The Bertz CT molecular complexity index is 270. The van der Waals surface area contributed by atoms with Crippen LogP contribution in [0.2, 0.25) is 0 Å². The molecular formula is C17H37NO5. The highest BCUT2D eigenvalue weighted by Crippen LogP contribution is 2.05. The maximum atomic E-state index is 10.3. The molecule has 3 N–H and O–H groups in total. The Labute approximate surface area is 141 Å². The Morgan fingerprint density at radius 1 is 1.13 bits per heavy atom. The number of carbonyl (C=O) groups is 2. The summed E-state index contributed by atoms with van der Waals surface area (Å²) in [5.74, 6) is -0.120. The maximum absolute atomic E-state index is 10.3. The lowest BCUT2D eigenvalue weighted by molar-refractivity contribution is -0.137. The first-order chi connectivity index (χ1) is 10.8. The van der Waals surface area contributed by atoms with Gasteiger partial charge in [0.1, 0.15) is 0 Å². The van der Waals surface area contributed by atoms with Gasteiger partial charge in [-0.1, -0.05) is 34.6 Å². The van der Waals surface area contributed by atoms with Crippen molar-refractivity contribution in [3.05, 3.63) is 0 Å². The molecule has 0 spiro atoms. The number of hydrogen-bond acceptors (Lipinski definition) is 4. The second-order valence-electron chi connectivity index (χ2n) is 5.22. The van der Waals surface area contributed by atoms with E-state index in [2.05, 4.69) is 19.2 Å². The van der Waals surface area contributed by atoms with E-state index in [0.717, 1.165) is 13.0 Å². The molecule has 0 heterocycles. The molecule has 0 aliphatic rings. The van der Waals surface area contributed by atoms with Crippen LogP contribution in [0.15, 0.2) is 0 Å². The van der Waals surface area contributed by atoms with Crippen molar-refractivity contribution in [3.8, 4) is 0 Å². The third-order valence-corrected chi connectivity index (χ3v) is 2.62. The van der Waals surface area contributed by atoms with Crippen LogP contribution in [-0.4, -0.2) is 48.0 Å². The van der Waals surface area contributed by atoms with Gasteiger partial charge < -0.3 is 20.3 Å². The number of carbonyl (C=O) groups excluding carboxylic acids is 1. The van der Waals surface area contributed by atoms with Crippen LogP contribution in [0.25, 0.3) is 0 Å². The number of nitrogens with one attached hydrogen (secondary N) is 1. The molecule has 1 unspecified atom stereocenters. The topological polar surface area (TPSA) is 95.9 Å². The second-order valence-corrected chi connectivity index (χ2v) is 5.22. The molecule has 0 aromatic rings. The smallest absolute Gasteiger partial charge is 0.303 e. The average molecular weight is 335 g/mol. The molecule has 0 saturated carbocycles. The number of aliphatic hydroxyl groups is 1. The number of rotatable bonds is 10. The van der Waals surface area contributed by atoms with Crippen LogP contribution >= 0.6 is 0 Å². The minimum Gasteiger partial charge on any atom is -0.481 e. The van der Waals surface area contributed by atoms with Crippen molar-refractivity contribution in [1.82, 2.24) is 5.32 Å². The Kier molecular flexibility index (Phi) is 24.3. The fourth-order valence-electron chi connectivity index (χ4n) is 1.24. The highest BCUT2D eigenvalue weighted by molar-refractivity contribution is 5.75. The van der Waals surface area contributed by atoms with Gasteiger partial charge in [0.15, 0.2) is 0 Å². The molecule has 1 atom stereocenters. The van der Waals surface area contributed by atoms with Crippen molar-refractivity contribution in [2.45, 2.75) is 73.3 Å². The van der Waals surface area contributed by atoms with Gasteiger partial charge in [-0.05, 0) is 25.7 Å². The van der Waals surface area contributed by atoms with Crippen LogP contribution in [0.3, 0.4) is 0 Å². The molecule has 0 aliphatic heterocycles. The van der Waals surface area contributed by atoms with Crippen molar-refractivity contribution in [1.29, 1.82) is 0 Å². The van der Waals surface area contributed by atoms with Crippen LogP contribution < -0.4 is 5.32 Å². The van der Waals surface area contributed by atoms with Gasteiger partial charge in [-0.3, -0.25) is 9.59 Å². The summed E-state index contributed by atoms with van der Waals surface area (Å²) in [5.41, 5.74) is 0. The minimum atomic E-state index is -0.751. The third kappa shape index (κ3) is 29.5. The molecule has 0 aliphatic carbocycles. The number of ether oxygens (including phenoxy) is 1. The monoisotopic (exact) mass is 335 g/mol. The zero-order chi connectivity index (χ0) is 18.7. The van der Waals surface area contributed by atoms with E-state index in [4.69, 9.17) is 14.9 Å². The fraction of sp³-hybridized carbons (Fsp3) is 0.882. The minimum absolute atomic E-state index is 0.0148. The predicted molar refractivity (Wildman–Crippen MR) is 93.5 cm³/mol. The van der Waals surface area contributed by atoms with Gasteiger partial charge in [0.2, 0.25) is 5.91 Å². The molecule has 6 heteroatoms. The van der Waals surface area contributed by atoms with Crippen LogP contribution in [0, 0.1) is 5.92 Å². The molecule has 0 saturated heterocycles. The first-order valence-corrected chi connectivity index (χ1v) is 8.54. The lowest BCUT2D eigenvalue weighted by Gasteiger charge is -2.12. The first-order valence-electron chi connectivity index (χ1n) is 8.54. The van der Waals surface area contributed by atoms with Gasteiger partial charge in [0, 0.05) is 26.0 Å². The quantitative estimate of drug-likeness (QED) is 0.570. The van der Waals surface area contributed by atoms with Crippen molar-refractivity contribution in [3.63, 3.8) is 0 Å². The van der Waals surface area contributed by atoms with Gasteiger partial charge in [-0.25, -0.2) is 0 Å². The van der Waals surface area contributed by atoms with Crippen LogP contribution in [0.1, 0.15) is 67.2 Å². The maximum Gasteiger partial charge on any atom is 0.303 e. The number of carboxylic acid groups (broad SMARTS) is 1. The lowest BCUT2D eigenvalue weighted by Crippen LogP contribution is -2.25. The average Bonchev–Trinajstić information content (AvgIpc) is 2.52. The molecule has 23 heavy (non-hydrogen) atoms. The Hall–Kier alpha value is -1.14. The van der Waals surface area contributed by atoms with E-state index in [-0.39, 0.29) is 25.0 Å². The summed E-state index contributed by atoms with van der Waals surface area (Å²) in [7, 11) is 0. The van der Waals surface area contributed by atoms with Gasteiger partial charge in [-0.15, -0.1) is 0 Å². The van der Waals surface area contributed by atoms with E-state index in [1.165, 1.54) is 0 Å². The molecule has 0 rings (SSSR count). The Morgan fingerprint density at radius 3 is 2.09 bits per heavy atom. The molecule has 1 amide bonds. The van der Waals surface area contributed by atoms with Crippen molar-refractivity contribution < 1.29 is 24.5 Å². The summed E-state index contributed by atoms with van der Waals surface area (Å²) >= 11 is 0. The molecular weight excluding hydrogens is 298 g/mol. The number of aliphatic carboxylic acids is 1. The largest absolute Gasteiger partial charge is 0.481 e. The molecule has 0 radical (unpaired) electrons. The van der Waals surface area contributed by atoms with Crippen molar-refractivity contribution in [2.75, 3.05) is 19.8 Å². The van der Waals surface area contributed by atoms with E-state index in [1.54, 1.807) is 6.92 Å². The number of amides is 1. The molecule has 0 aromatic heterocycles. The molecule has 0 bridgehead atoms. The summed E-state index contributed by atoms with van der Waals surface area (Å²) in [6, 6.07) is 0. The highest BCUT2D eigenvalue weighted by Gasteiger charge is 2.05. The molecule has 0 fully saturated rings. The van der Waals surface area contributed by atoms with E-state index in [9.17, 15) is 9.59 Å². The molecule has 0 aromatic carbocycles. The summed E-state index contributed by atoms with van der Waals surface area (Å²) in [4.78, 5) is 20.6. The summed E-state index contributed by atoms with van der Waals surface area (Å²) in [5, 5.41) is 19.1. The van der Waals surface area contributed by atoms with Gasteiger partial charge in [0.25, 0.3) is 0 Å². The summed E-state index contributed by atoms with van der Waals surface area (Å²) < 4.78 is 5.44. The zero-order valence-corrected chi connectivity index (χ0v) is 15.7. The van der Waals surface area contributed by atoms with Gasteiger partial charge >= 0.3 is 5.97 Å².